The molecule has 0 aliphatic heterocycles. The van der Waals surface area contributed by atoms with Crippen molar-refractivity contribution in [2.45, 2.75) is 32.9 Å². The molecule has 5 nitrogen and oxygen atoms in total. The van der Waals surface area contributed by atoms with Gasteiger partial charge < -0.3 is 14.2 Å². The highest BCUT2D eigenvalue weighted by Gasteiger charge is 2.12. The number of benzene rings is 1. The third kappa shape index (κ3) is 5.48. The van der Waals surface area contributed by atoms with Gasteiger partial charge >= 0.3 is 10.1 Å². The van der Waals surface area contributed by atoms with Gasteiger partial charge in [-0.15, -0.1) is 0 Å². The first-order valence-corrected chi connectivity index (χ1v) is 8.07. The van der Waals surface area contributed by atoms with Crippen molar-refractivity contribution in [1.82, 2.24) is 0 Å². The molecule has 0 radical (unpaired) electrons. The molecule has 2 N–H and O–H groups in total. The minimum absolute atomic E-state index is 0.236. The third-order valence-corrected chi connectivity index (χ3v) is 3.35. The molecule has 0 unspecified atom stereocenters. The van der Waals surface area contributed by atoms with Gasteiger partial charge in [0.15, 0.2) is 11.5 Å². The van der Waals surface area contributed by atoms with E-state index in [2.05, 4.69) is 19.2 Å². The number of rotatable bonds is 7. The summed E-state index contributed by atoms with van der Waals surface area (Å²) < 4.78 is 32.4. The molecule has 0 aromatic heterocycles. The molecule has 0 saturated carbocycles. The Balaban J connectivity index is 2.89. The molecule has 6 heteroatoms. The summed E-state index contributed by atoms with van der Waals surface area (Å²) in [6, 6.07) is 5.87. The van der Waals surface area contributed by atoms with E-state index in [9.17, 15) is 8.42 Å². The second-order valence-corrected chi connectivity index (χ2v) is 6.17. The van der Waals surface area contributed by atoms with Crippen LogP contribution in [0.5, 0.6) is 11.5 Å². The molecule has 0 spiro atoms. The van der Waals surface area contributed by atoms with Crippen LogP contribution in [0.4, 0.5) is 0 Å². The normalized spacial score (nSPS) is 13.1. The zero-order chi connectivity index (χ0) is 14.5. The van der Waals surface area contributed by atoms with Crippen LogP contribution in [0.1, 0.15) is 25.8 Å². The molecule has 0 heterocycles. The second-order valence-electron chi connectivity index (χ2n) is 4.60. The highest BCUT2D eigenvalue weighted by molar-refractivity contribution is 7.86. The number of nitrogens with two attached hydrogens (primary N) is 1. The quantitative estimate of drug-likeness (QED) is 0.757. The van der Waals surface area contributed by atoms with Crippen LogP contribution < -0.4 is 14.2 Å². The topological polar surface area (TPSA) is 69.2 Å². The van der Waals surface area contributed by atoms with Crippen LogP contribution in [-0.2, 0) is 16.7 Å². The number of quaternary nitrogens is 1. The van der Waals surface area contributed by atoms with E-state index in [0.29, 0.717) is 11.8 Å². The van der Waals surface area contributed by atoms with E-state index in [1.807, 2.05) is 6.07 Å². The zero-order valence-electron chi connectivity index (χ0n) is 11.8. The van der Waals surface area contributed by atoms with Crippen molar-refractivity contribution in [3.63, 3.8) is 0 Å². The summed E-state index contributed by atoms with van der Waals surface area (Å²) in [5.41, 5.74) is 1.000. The fourth-order valence-corrected chi connectivity index (χ4v) is 2.04. The van der Waals surface area contributed by atoms with Gasteiger partial charge in [0.05, 0.1) is 19.4 Å². The van der Waals surface area contributed by atoms with Crippen LogP contribution in [0.15, 0.2) is 18.2 Å². The molecule has 0 saturated heterocycles. The van der Waals surface area contributed by atoms with E-state index in [1.54, 1.807) is 12.1 Å². The van der Waals surface area contributed by atoms with E-state index in [-0.39, 0.29) is 5.75 Å². The number of methoxy groups -OCH3 is 1. The van der Waals surface area contributed by atoms with Crippen molar-refractivity contribution in [2.24, 2.45) is 0 Å². The largest absolute Gasteiger partial charge is 0.493 e. The van der Waals surface area contributed by atoms with Gasteiger partial charge in [0.2, 0.25) is 0 Å². The van der Waals surface area contributed by atoms with Gasteiger partial charge in [0, 0.05) is 5.56 Å². The molecule has 0 amide bonds. The monoisotopic (exact) mass is 288 g/mol. The van der Waals surface area contributed by atoms with Gasteiger partial charge in [0.1, 0.15) is 6.54 Å². The lowest BCUT2D eigenvalue weighted by Crippen LogP contribution is -2.87. The number of hydrogen-bond acceptors (Lipinski definition) is 4. The van der Waals surface area contributed by atoms with Gasteiger partial charge in [-0.2, -0.15) is 8.42 Å². The van der Waals surface area contributed by atoms with Crippen molar-refractivity contribution in [2.75, 3.05) is 13.4 Å². The molecular weight excluding hydrogens is 266 g/mol. The maximum absolute atomic E-state index is 11.2. The van der Waals surface area contributed by atoms with Crippen molar-refractivity contribution in [3.05, 3.63) is 23.8 Å². The van der Waals surface area contributed by atoms with Crippen LogP contribution in [-0.4, -0.2) is 27.8 Å². The van der Waals surface area contributed by atoms with Crippen LogP contribution in [0.3, 0.4) is 0 Å². The minimum Gasteiger partial charge on any atom is -0.493 e. The lowest BCUT2D eigenvalue weighted by atomic mass is 10.2. The summed E-state index contributed by atoms with van der Waals surface area (Å²) in [4.78, 5) is 0. The Labute approximate surface area is 115 Å². The Kier molecular flexibility index (Phi) is 5.62. The van der Waals surface area contributed by atoms with Crippen molar-refractivity contribution in [1.29, 1.82) is 0 Å². The minimum atomic E-state index is -3.55. The molecule has 0 bridgehead atoms. The van der Waals surface area contributed by atoms with E-state index in [0.717, 1.165) is 24.8 Å². The Hall–Kier alpha value is -1.27. The van der Waals surface area contributed by atoms with Crippen LogP contribution in [0.25, 0.3) is 0 Å². The predicted octanol–water partition coefficient (Wildman–Crippen LogP) is 0.895. The Morgan fingerprint density at radius 3 is 2.53 bits per heavy atom. The van der Waals surface area contributed by atoms with Crippen LogP contribution in [0, 0.1) is 0 Å². The van der Waals surface area contributed by atoms with Crippen molar-refractivity contribution < 1.29 is 22.7 Å². The molecule has 1 aromatic carbocycles. The molecular formula is C13H22NO4S+. The smallest absolute Gasteiger partial charge is 0.306 e. The maximum Gasteiger partial charge on any atom is 0.306 e. The van der Waals surface area contributed by atoms with E-state index >= 15 is 0 Å². The molecule has 1 atom stereocenters. The highest BCUT2D eigenvalue weighted by atomic mass is 32.2. The first-order valence-electron chi connectivity index (χ1n) is 6.25. The summed E-state index contributed by atoms with van der Waals surface area (Å²) in [6.07, 6.45) is 2.10. The van der Waals surface area contributed by atoms with E-state index in [1.165, 1.54) is 7.11 Å². The first-order chi connectivity index (χ1) is 8.85. The first kappa shape index (κ1) is 15.8. The second kappa shape index (κ2) is 6.77. The van der Waals surface area contributed by atoms with Crippen LogP contribution in [0.2, 0.25) is 0 Å². The average Bonchev–Trinajstić information content (AvgIpc) is 2.34. The van der Waals surface area contributed by atoms with Crippen LogP contribution >= 0.6 is 0 Å². The molecule has 1 rings (SSSR count). The molecule has 0 fully saturated rings. The summed E-state index contributed by atoms with van der Waals surface area (Å²) in [5.74, 6) is 0.651. The lowest BCUT2D eigenvalue weighted by Gasteiger charge is -2.11. The van der Waals surface area contributed by atoms with Crippen molar-refractivity contribution >= 4 is 10.1 Å². The van der Waals surface area contributed by atoms with Gasteiger partial charge in [0.25, 0.3) is 0 Å². The van der Waals surface area contributed by atoms with E-state index < -0.39 is 10.1 Å². The van der Waals surface area contributed by atoms with Gasteiger partial charge in [-0.25, -0.2) is 0 Å². The summed E-state index contributed by atoms with van der Waals surface area (Å²) in [5, 5.41) is 2.20. The molecule has 108 valence electrons. The maximum atomic E-state index is 11.2. The summed E-state index contributed by atoms with van der Waals surface area (Å²) >= 11 is 0. The lowest BCUT2D eigenvalue weighted by molar-refractivity contribution is -0.701. The highest BCUT2D eigenvalue weighted by Crippen LogP contribution is 2.28. The third-order valence-electron chi connectivity index (χ3n) is 2.87. The average molecular weight is 288 g/mol. The molecule has 19 heavy (non-hydrogen) atoms. The van der Waals surface area contributed by atoms with Crippen molar-refractivity contribution in [3.8, 4) is 11.5 Å². The predicted molar refractivity (Wildman–Crippen MR) is 73.8 cm³/mol. The zero-order valence-corrected chi connectivity index (χ0v) is 12.7. The standard InChI is InChI=1S/C13H21NO4S/c1-5-10(2)14-9-11-6-7-12(17-3)13(8-11)18-19(4,15)16/h6-8,10,14H,5,9H2,1-4H3/p+1/t10-/m1/s1. The Morgan fingerprint density at radius 1 is 1.32 bits per heavy atom. The SMILES string of the molecule is CC[C@@H](C)[NH2+]Cc1ccc(OC)c(OS(C)(=O)=O)c1. The Bertz CT molecular complexity index is 513. The number of ether oxygens (including phenoxy) is 1. The van der Waals surface area contributed by atoms with Gasteiger partial charge in [-0.3, -0.25) is 0 Å². The molecule has 0 aliphatic carbocycles. The summed E-state index contributed by atoms with van der Waals surface area (Å²) in [6.45, 7) is 5.06. The van der Waals surface area contributed by atoms with E-state index in [4.69, 9.17) is 8.92 Å². The van der Waals surface area contributed by atoms with Gasteiger partial charge in [-0.05, 0) is 31.5 Å². The Morgan fingerprint density at radius 2 is 2.00 bits per heavy atom. The number of hydrogen-bond donors (Lipinski definition) is 1. The fraction of sp³-hybridized carbons (Fsp3) is 0.538. The van der Waals surface area contributed by atoms with Gasteiger partial charge in [-0.1, -0.05) is 6.92 Å². The molecule has 0 aliphatic rings. The fourth-order valence-electron chi connectivity index (χ4n) is 1.58. The molecule has 1 aromatic rings. The summed E-state index contributed by atoms with van der Waals surface area (Å²) in [7, 11) is -2.07.